The third-order valence-corrected chi connectivity index (χ3v) is 4.76. The number of hydrogen-bond acceptors (Lipinski definition) is 2. The lowest BCUT2D eigenvalue weighted by atomic mass is 10.2. The van der Waals surface area contributed by atoms with Gasteiger partial charge in [-0.25, -0.2) is 8.42 Å². The molecule has 0 bridgehead atoms. The summed E-state index contributed by atoms with van der Waals surface area (Å²) >= 11 is 6.37. The van der Waals surface area contributed by atoms with Crippen molar-refractivity contribution in [3.8, 4) is 0 Å². The minimum Gasteiger partial charge on any atom is -0.219 e. The van der Waals surface area contributed by atoms with Crippen LogP contribution in [0.15, 0.2) is 22.7 Å². The Bertz CT molecular complexity index is 511. The molecule has 1 aromatic carbocycles. The minimum absolute atomic E-state index is 0.111. The maximum absolute atomic E-state index is 12.2. The van der Waals surface area contributed by atoms with Crippen molar-refractivity contribution in [3.63, 3.8) is 0 Å². The molecule has 0 fully saturated rings. The Hall–Kier alpha value is -0.0800. The van der Waals surface area contributed by atoms with Crippen molar-refractivity contribution in [2.75, 3.05) is 0 Å². The van der Waals surface area contributed by atoms with Gasteiger partial charge in [-0.15, -0.1) is 0 Å². The fraction of sp³-hybridized carbons (Fsp3) is 0.333. The van der Waals surface area contributed by atoms with Gasteiger partial charge in [0, 0.05) is 9.80 Å². The normalized spacial score (nSPS) is 12.8. The summed E-state index contributed by atoms with van der Waals surface area (Å²) in [5, 5.41) is 0.424. The fourth-order valence-corrected chi connectivity index (χ4v) is 3.13. The third-order valence-electron chi connectivity index (χ3n) is 1.96. The van der Waals surface area contributed by atoms with E-state index < -0.39 is 21.1 Å². The predicted molar refractivity (Wildman–Crippen MR) is 65.5 cm³/mol. The summed E-state index contributed by atoms with van der Waals surface area (Å²) in [4.78, 5) is 0. The van der Waals surface area contributed by atoms with Gasteiger partial charge in [-0.05, 0) is 17.2 Å². The SMILES string of the molecule is O=S(=O)(Cc1ccc(Br)c(CBr)c1)C(F)(F)F. The van der Waals surface area contributed by atoms with Crippen molar-refractivity contribution >= 4 is 41.7 Å². The largest absolute Gasteiger partial charge is 0.497 e. The average Bonchev–Trinajstić information content (AvgIpc) is 2.19. The highest BCUT2D eigenvalue weighted by molar-refractivity contribution is 9.10. The van der Waals surface area contributed by atoms with Crippen LogP contribution in [-0.4, -0.2) is 13.9 Å². The van der Waals surface area contributed by atoms with Crippen molar-refractivity contribution in [1.82, 2.24) is 0 Å². The van der Waals surface area contributed by atoms with E-state index in [0.29, 0.717) is 15.4 Å². The molecule has 0 unspecified atom stereocenters. The van der Waals surface area contributed by atoms with Gasteiger partial charge in [-0.2, -0.15) is 13.2 Å². The molecular weight excluding hydrogens is 389 g/mol. The van der Waals surface area contributed by atoms with E-state index in [9.17, 15) is 21.6 Å². The summed E-state index contributed by atoms with van der Waals surface area (Å²) in [6.07, 6.45) is 0. The molecule has 1 rings (SSSR count). The molecule has 0 amide bonds. The third kappa shape index (κ3) is 3.69. The summed E-state index contributed by atoms with van der Waals surface area (Å²) in [7, 11) is -5.12. The summed E-state index contributed by atoms with van der Waals surface area (Å²) in [5.74, 6) is -1.04. The zero-order valence-electron chi connectivity index (χ0n) is 8.26. The molecule has 2 nitrogen and oxygen atoms in total. The Morgan fingerprint density at radius 1 is 1.24 bits per heavy atom. The molecule has 1 aromatic rings. The Labute approximate surface area is 113 Å². The van der Waals surface area contributed by atoms with Crippen molar-refractivity contribution < 1.29 is 21.6 Å². The Kier molecular flexibility index (Phi) is 4.65. The van der Waals surface area contributed by atoms with Crippen LogP contribution in [0, 0.1) is 0 Å². The van der Waals surface area contributed by atoms with Crippen molar-refractivity contribution in [1.29, 1.82) is 0 Å². The molecule has 0 aliphatic rings. The fourth-order valence-electron chi connectivity index (χ4n) is 1.12. The Morgan fingerprint density at radius 2 is 1.82 bits per heavy atom. The second kappa shape index (κ2) is 5.27. The Morgan fingerprint density at radius 3 is 2.29 bits per heavy atom. The van der Waals surface area contributed by atoms with E-state index in [1.165, 1.54) is 18.2 Å². The van der Waals surface area contributed by atoms with Gasteiger partial charge in [0.05, 0.1) is 5.75 Å². The first-order valence-electron chi connectivity index (χ1n) is 4.29. The quantitative estimate of drug-likeness (QED) is 0.730. The first-order valence-corrected chi connectivity index (χ1v) is 7.86. The van der Waals surface area contributed by atoms with E-state index in [1.54, 1.807) is 0 Å². The highest BCUT2D eigenvalue weighted by Gasteiger charge is 2.45. The van der Waals surface area contributed by atoms with Gasteiger partial charge in [0.25, 0.3) is 9.84 Å². The van der Waals surface area contributed by atoms with Crippen LogP contribution in [0.3, 0.4) is 0 Å². The highest BCUT2D eigenvalue weighted by Crippen LogP contribution is 2.28. The maximum Gasteiger partial charge on any atom is 0.497 e. The molecule has 0 heterocycles. The smallest absolute Gasteiger partial charge is 0.219 e. The minimum atomic E-state index is -5.21. The molecule has 0 radical (unpaired) electrons. The molecular formula is C9H7Br2F3O2S. The van der Waals surface area contributed by atoms with Crippen LogP contribution in [0.4, 0.5) is 13.2 Å². The van der Waals surface area contributed by atoms with Gasteiger partial charge < -0.3 is 0 Å². The summed E-state index contributed by atoms with van der Waals surface area (Å²) in [6, 6.07) is 4.29. The number of rotatable bonds is 3. The van der Waals surface area contributed by atoms with Gasteiger partial charge in [0.15, 0.2) is 0 Å². The topological polar surface area (TPSA) is 34.1 Å². The van der Waals surface area contributed by atoms with Crippen LogP contribution in [0.25, 0.3) is 0 Å². The van der Waals surface area contributed by atoms with Crippen LogP contribution in [-0.2, 0) is 20.9 Å². The lowest BCUT2D eigenvalue weighted by Crippen LogP contribution is -2.24. The molecule has 0 aliphatic heterocycles. The van der Waals surface area contributed by atoms with Crippen molar-refractivity contribution in [3.05, 3.63) is 33.8 Å². The van der Waals surface area contributed by atoms with Crippen molar-refractivity contribution in [2.24, 2.45) is 0 Å². The molecule has 0 spiro atoms. The molecule has 96 valence electrons. The predicted octanol–water partition coefficient (Wildman–Crippen LogP) is 3.78. The highest BCUT2D eigenvalue weighted by atomic mass is 79.9. The van der Waals surface area contributed by atoms with Gasteiger partial charge in [0.1, 0.15) is 0 Å². The summed E-state index contributed by atoms with van der Waals surface area (Å²) in [6.45, 7) is 0. The molecule has 0 aliphatic carbocycles. The van der Waals surface area contributed by atoms with Gasteiger partial charge in [-0.1, -0.05) is 44.0 Å². The van der Waals surface area contributed by atoms with E-state index in [-0.39, 0.29) is 5.56 Å². The number of benzene rings is 1. The second-order valence-corrected chi connectivity index (χ2v) is 6.66. The number of alkyl halides is 4. The lowest BCUT2D eigenvalue weighted by molar-refractivity contribution is -0.0437. The lowest BCUT2D eigenvalue weighted by Gasteiger charge is -2.09. The van der Waals surface area contributed by atoms with E-state index in [4.69, 9.17) is 0 Å². The van der Waals surface area contributed by atoms with Gasteiger partial charge >= 0.3 is 5.51 Å². The molecule has 0 saturated heterocycles. The van der Waals surface area contributed by atoms with Crippen LogP contribution < -0.4 is 0 Å². The first-order chi connectivity index (χ1) is 7.67. The van der Waals surface area contributed by atoms with Gasteiger partial charge in [0.2, 0.25) is 0 Å². The van der Waals surface area contributed by atoms with E-state index >= 15 is 0 Å². The molecule has 0 aromatic heterocycles. The molecule has 17 heavy (non-hydrogen) atoms. The van der Waals surface area contributed by atoms with Crippen LogP contribution in [0.5, 0.6) is 0 Å². The zero-order valence-corrected chi connectivity index (χ0v) is 12.2. The first kappa shape index (κ1) is 15.0. The van der Waals surface area contributed by atoms with Crippen LogP contribution in [0.1, 0.15) is 11.1 Å². The van der Waals surface area contributed by atoms with Crippen LogP contribution >= 0.6 is 31.9 Å². The monoisotopic (exact) mass is 394 g/mol. The zero-order chi connectivity index (χ0) is 13.3. The molecule has 8 heteroatoms. The van der Waals surface area contributed by atoms with Crippen molar-refractivity contribution in [2.45, 2.75) is 16.6 Å². The van der Waals surface area contributed by atoms with Crippen LogP contribution in [0.2, 0.25) is 0 Å². The Balaban J connectivity index is 3.05. The summed E-state index contributed by atoms with van der Waals surface area (Å²) in [5.41, 5.74) is -4.41. The van der Waals surface area contributed by atoms with E-state index in [0.717, 1.165) is 0 Å². The average molecular weight is 396 g/mol. The second-order valence-electron chi connectivity index (χ2n) is 3.26. The standard InChI is InChI=1S/C9H7Br2F3O2S/c10-4-7-3-6(1-2-8(7)11)5-17(15,16)9(12,13)14/h1-3H,4-5H2. The van der Waals surface area contributed by atoms with E-state index in [1.807, 2.05) is 0 Å². The molecule has 0 N–H and O–H groups in total. The molecule has 0 atom stereocenters. The van der Waals surface area contributed by atoms with E-state index in [2.05, 4.69) is 31.9 Å². The summed E-state index contributed by atoms with van der Waals surface area (Å²) < 4.78 is 59.1. The number of sulfone groups is 1. The number of hydrogen-bond donors (Lipinski definition) is 0. The van der Waals surface area contributed by atoms with Gasteiger partial charge in [-0.3, -0.25) is 0 Å². The number of halogens is 5. The maximum atomic E-state index is 12.2. The molecule has 0 saturated carbocycles.